The van der Waals surface area contributed by atoms with Crippen LogP contribution in [0.4, 0.5) is 0 Å². The molecule has 4 heterocycles. The summed E-state index contributed by atoms with van der Waals surface area (Å²) in [5.41, 5.74) is 16.5. The molecule has 5 aromatic carbocycles. The number of aromatic nitrogens is 3. The minimum absolute atomic E-state index is 0.579. The van der Waals surface area contributed by atoms with E-state index in [9.17, 15) is 0 Å². The van der Waals surface area contributed by atoms with Gasteiger partial charge in [0.05, 0.1) is 0 Å². The largest absolute Gasteiger partial charge is 0.455 e. The van der Waals surface area contributed by atoms with E-state index in [1.807, 2.05) is 91.1 Å². The summed E-state index contributed by atoms with van der Waals surface area (Å²) in [7, 11) is 0. The topological polar surface area (TPSA) is 77.0 Å². The van der Waals surface area contributed by atoms with Gasteiger partial charge in [0, 0.05) is 62.7 Å². The Morgan fingerprint density at radius 3 is 2.12 bits per heavy atom. The highest BCUT2D eigenvalue weighted by Gasteiger charge is 2.24. The van der Waals surface area contributed by atoms with Gasteiger partial charge in [-0.25, -0.2) is 15.0 Å². The van der Waals surface area contributed by atoms with Crippen molar-refractivity contribution in [2.75, 3.05) is 0 Å². The Balaban J connectivity index is 1.29. The maximum atomic E-state index is 6.86. The molecule has 1 aliphatic heterocycles. The van der Waals surface area contributed by atoms with E-state index in [2.05, 4.69) is 53.2 Å². The first-order chi connectivity index (χ1) is 23.8. The lowest BCUT2D eigenvalue weighted by molar-refractivity contribution is 0.603. The van der Waals surface area contributed by atoms with Gasteiger partial charge in [-0.1, -0.05) is 84.3 Å². The van der Waals surface area contributed by atoms with Gasteiger partial charge >= 0.3 is 0 Å². The predicted octanol–water partition coefficient (Wildman–Crippen LogP) is 10.1. The second-order valence-corrected chi connectivity index (χ2v) is 11.9. The lowest BCUT2D eigenvalue weighted by Gasteiger charge is -2.12. The fraction of sp³-hybridized carbons (Fsp3) is 0.0238. The number of furan rings is 2. The molecule has 3 aromatic heterocycles. The lowest BCUT2D eigenvalue weighted by atomic mass is 9.93. The van der Waals surface area contributed by atoms with Crippen LogP contribution in [0.25, 0.3) is 96.4 Å². The van der Waals surface area contributed by atoms with E-state index in [0.29, 0.717) is 17.5 Å². The van der Waals surface area contributed by atoms with E-state index in [4.69, 9.17) is 23.8 Å². The summed E-state index contributed by atoms with van der Waals surface area (Å²) in [5, 5.41) is 6.33. The van der Waals surface area contributed by atoms with Crippen LogP contribution in [0.1, 0.15) is 22.5 Å². The molecule has 48 heavy (non-hydrogen) atoms. The lowest BCUT2D eigenvalue weighted by Crippen LogP contribution is -2.09. The van der Waals surface area contributed by atoms with Gasteiger partial charge < -0.3 is 14.2 Å². The van der Waals surface area contributed by atoms with E-state index < -0.39 is 0 Å². The number of benzene rings is 5. The molecular weight excluding hydrogens is 592 g/mol. The summed E-state index contributed by atoms with van der Waals surface area (Å²) < 4.78 is 13.1. The molecule has 0 radical (unpaired) electrons. The maximum absolute atomic E-state index is 6.86. The Morgan fingerprint density at radius 1 is 0.604 bits per heavy atom. The summed E-state index contributed by atoms with van der Waals surface area (Å²) in [6.45, 7) is 0.735. The second kappa shape index (κ2) is 10.4. The van der Waals surface area contributed by atoms with Crippen molar-refractivity contribution in [3.63, 3.8) is 0 Å². The third-order valence-electron chi connectivity index (χ3n) is 9.07. The van der Waals surface area contributed by atoms with Crippen molar-refractivity contribution in [1.29, 1.82) is 0 Å². The summed E-state index contributed by atoms with van der Waals surface area (Å²) in [4.78, 5) is 15.1. The zero-order chi connectivity index (χ0) is 31.6. The molecule has 0 unspecified atom stereocenters. The summed E-state index contributed by atoms with van der Waals surface area (Å²) in [6, 6.07) is 34.8. The quantitative estimate of drug-likeness (QED) is 0.198. The number of nitrogens with zero attached hydrogens (tertiary/aromatic N) is 3. The van der Waals surface area contributed by atoms with Crippen LogP contribution in [-0.4, -0.2) is 15.0 Å². The van der Waals surface area contributed by atoms with Crippen LogP contribution in [0.15, 0.2) is 130 Å². The molecule has 0 amide bonds. The van der Waals surface area contributed by atoms with Crippen LogP contribution in [0.3, 0.4) is 0 Å². The van der Waals surface area contributed by atoms with E-state index in [1.165, 1.54) is 5.56 Å². The molecule has 6 heteroatoms. The Labute approximate surface area is 274 Å². The number of nitrogens with one attached hydrogen (secondary N) is 1. The number of hydrogen-bond acceptors (Lipinski definition) is 6. The van der Waals surface area contributed by atoms with Crippen LogP contribution in [-0.2, 0) is 6.54 Å². The molecule has 224 valence electrons. The molecule has 0 saturated carbocycles. The van der Waals surface area contributed by atoms with Crippen LogP contribution in [0.5, 0.6) is 0 Å². The smallest absolute Gasteiger partial charge is 0.164 e. The van der Waals surface area contributed by atoms with Gasteiger partial charge in [-0.05, 0) is 59.3 Å². The first kappa shape index (κ1) is 26.5. The summed E-state index contributed by atoms with van der Waals surface area (Å²) in [6.07, 6.45) is 7.83. The minimum atomic E-state index is 0.579. The first-order valence-corrected chi connectivity index (χ1v) is 15.8. The van der Waals surface area contributed by atoms with Crippen molar-refractivity contribution in [3.8, 4) is 45.3 Å². The average molecular weight is 617 g/mol. The molecule has 0 saturated heterocycles. The molecule has 0 fully saturated rings. The highest BCUT2D eigenvalue weighted by atomic mass is 16.3. The zero-order valence-electron chi connectivity index (χ0n) is 25.5. The molecule has 2 aliphatic rings. The molecule has 0 atom stereocenters. The first-order valence-electron chi connectivity index (χ1n) is 15.8. The van der Waals surface area contributed by atoms with Crippen LogP contribution in [0.2, 0.25) is 0 Å². The zero-order valence-corrected chi connectivity index (χ0v) is 25.5. The normalized spacial score (nSPS) is 12.9. The minimum Gasteiger partial charge on any atom is -0.455 e. The Kier molecular flexibility index (Phi) is 5.75. The van der Waals surface area contributed by atoms with Gasteiger partial charge in [-0.3, -0.25) is 0 Å². The highest BCUT2D eigenvalue weighted by molar-refractivity contribution is 6.18. The van der Waals surface area contributed by atoms with Crippen molar-refractivity contribution in [1.82, 2.24) is 20.3 Å². The van der Waals surface area contributed by atoms with Crippen LogP contribution >= 0.6 is 0 Å². The molecule has 0 bridgehead atoms. The predicted molar refractivity (Wildman–Crippen MR) is 190 cm³/mol. The fourth-order valence-electron chi connectivity index (χ4n) is 6.83. The van der Waals surface area contributed by atoms with Crippen molar-refractivity contribution in [2.45, 2.75) is 6.54 Å². The summed E-state index contributed by atoms with van der Waals surface area (Å²) in [5.74, 6) is 2.57. The number of fused-ring (bicyclic) bond motifs is 7. The van der Waals surface area contributed by atoms with Gasteiger partial charge in [0.15, 0.2) is 17.5 Å². The summed E-state index contributed by atoms with van der Waals surface area (Å²) >= 11 is 0. The molecule has 6 nitrogen and oxygen atoms in total. The van der Waals surface area contributed by atoms with Gasteiger partial charge in [0.1, 0.15) is 22.5 Å². The van der Waals surface area contributed by atoms with E-state index in [-0.39, 0.29) is 0 Å². The molecule has 8 aromatic rings. The SMILES string of the molecule is C1=C=Cc2c(oc3cccc(-c4ccc(-c5nc(-c6ccccc6)nc(-c6ccccc6)n5)c5c4oc4cc6c(cc45)CNC=C6)c23)C=1. The molecule has 0 spiro atoms. The second-order valence-electron chi connectivity index (χ2n) is 11.9. The molecular formula is C42H24N4O2. The van der Waals surface area contributed by atoms with E-state index >= 15 is 0 Å². The van der Waals surface area contributed by atoms with Crippen LogP contribution < -0.4 is 5.32 Å². The number of rotatable bonds is 4. The van der Waals surface area contributed by atoms with Crippen molar-refractivity contribution < 1.29 is 8.83 Å². The number of hydrogen-bond donors (Lipinski definition) is 1. The fourth-order valence-corrected chi connectivity index (χ4v) is 6.83. The van der Waals surface area contributed by atoms with Gasteiger partial charge in [0.2, 0.25) is 0 Å². The molecule has 1 aliphatic carbocycles. The van der Waals surface area contributed by atoms with Crippen molar-refractivity contribution in [2.24, 2.45) is 0 Å². The highest BCUT2D eigenvalue weighted by Crippen LogP contribution is 2.45. The van der Waals surface area contributed by atoms with Crippen LogP contribution in [0, 0.1) is 0 Å². The van der Waals surface area contributed by atoms with Crippen molar-refractivity contribution in [3.05, 3.63) is 143 Å². The van der Waals surface area contributed by atoms with Gasteiger partial charge in [-0.15, -0.1) is 0 Å². The van der Waals surface area contributed by atoms with Gasteiger partial charge in [0.25, 0.3) is 0 Å². The standard InChI is InChI=1S/C42H24N4O2/c1-3-10-25(11-4-1)40-44-41(26-12-5-2-6-13-26)46-42(45-40)32-19-18-30(29-15-9-17-35-37(29)31-14-7-8-16-34(31)47-35)39-38(32)33-22-28-24-43-21-20-27(28)23-36(33)48-39/h1-6,9-23,43H,24H2. The van der Waals surface area contributed by atoms with Crippen molar-refractivity contribution >= 4 is 51.1 Å². The third kappa shape index (κ3) is 4.12. The maximum Gasteiger partial charge on any atom is 0.164 e. The van der Waals surface area contributed by atoms with Gasteiger partial charge in [-0.2, -0.15) is 0 Å². The Morgan fingerprint density at radius 2 is 1.33 bits per heavy atom. The average Bonchev–Trinajstić information content (AvgIpc) is 3.72. The van der Waals surface area contributed by atoms with E-state index in [1.54, 1.807) is 0 Å². The van der Waals surface area contributed by atoms with E-state index in [0.717, 1.165) is 84.2 Å². The third-order valence-corrected chi connectivity index (χ3v) is 9.07. The molecule has 1 N–H and O–H groups in total. The monoisotopic (exact) mass is 616 g/mol. The Hall–Kier alpha value is -6.71. The molecule has 10 rings (SSSR count). The Bertz CT molecular complexity index is 2680.